The molecular formula is C12H11N3O3S. The quantitative estimate of drug-likeness (QED) is 0.866. The van der Waals surface area contributed by atoms with Crippen LogP contribution in [0.5, 0.6) is 0 Å². The summed E-state index contributed by atoms with van der Waals surface area (Å²) in [5.41, 5.74) is 2.34. The summed E-state index contributed by atoms with van der Waals surface area (Å²) in [6, 6.07) is 0. The van der Waals surface area contributed by atoms with Crippen molar-refractivity contribution in [2.24, 2.45) is 5.92 Å². The third-order valence-electron chi connectivity index (χ3n) is 3.17. The molecule has 0 bridgehead atoms. The number of carboxylic acid groups (broad SMARTS) is 1. The van der Waals surface area contributed by atoms with E-state index in [1.54, 1.807) is 5.51 Å². The normalized spacial score (nSPS) is 22.5. The highest BCUT2D eigenvalue weighted by Gasteiger charge is 2.34. The molecule has 0 aliphatic heterocycles. The Morgan fingerprint density at radius 1 is 1.42 bits per heavy atom. The molecule has 0 amide bonds. The lowest BCUT2D eigenvalue weighted by Crippen LogP contribution is -2.23. The monoisotopic (exact) mass is 277 g/mol. The topological polar surface area (TPSA) is 89.1 Å². The van der Waals surface area contributed by atoms with Crippen molar-refractivity contribution in [1.29, 1.82) is 0 Å². The Labute approximate surface area is 112 Å². The summed E-state index contributed by atoms with van der Waals surface area (Å²) >= 11 is 1.45. The first-order valence-corrected chi connectivity index (χ1v) is 6.80. The molecule has 2 heterocycles. The van der Waals surface area contributed by atoms with Crippen molar-refractivity contribution in [3.05, 3.63) is 28.9 Å². The van der Waals surface area contributed by atoms with E-state index in [0.29, 0.717) is 30.3 Å². The number of allylic oxidation sites excluding steroid dienone is 2. The first-order valence-electron chi connectivity index (χ1n) is 5.85. The number of rotatable bonds is 3. The molecule has 0 aromatic carbocycles. The predicted octanol–water partition coefficient (Wildman–Crippen LogP) is 2.33. The summed E-state index contributed by atoms with van der Waals surface area (Å²) in [4.78, 5) is 19.6. The minimum absolute atomic E-state index is 0.262. The van der Waals surface area contributed by atoms with Crippen LogP contribution in [-0.2, 0) is 4.79 Å². The van der Waals surface area contributed by atoms with Gasteiger partial charge < -0.3 is 9.63 Å². The second-order valence-electron chi connectivity index (χ2n) is 4.32. The number of carbonyl (C=O) groups is 1. The molecular weight excluding hydrogens is 266 g/mol. The van der Waals surface area contributed by atoms with E-state index in [1.807, 2.05) is 17.5 Å². The van der Waals surface area contributed by atoms with Gasteiger partial charge in [-0.15, -0.1) is 11.3 Å². The van der Waals surface area contributed by atoms with Gasteiger partial charge in [-0.2, -0.15) is 4.98 Å². The Balaban J connectivity index is 1.89. The number of aromatic nitrogens is 3. The minimum atomic E-state index is -0.831. The van der Waals surface area contributed by atoms with Gasteiger partial charge in [-0.1, -0.05) is 17.3 Å². The van der Waals surface area contributed by atoms with E-state index in [0.717, 1.165) is 0 Å². The van der Waals surface area contributed by atoms with Crippen LogP contribution in [0.3, 0.4) is 0 Å². The largest absolute Gasteiger partial charge is 0.481 e. The molecule has 2 atom stereocenters. The fourth-order valence-electron chi connectivity index (χ4n) is 2.17. The summed E-state index contributed by atoms with van der Waals surface area (Å²) in [5, 5.41) is 14.9. The van der Waals surface area contributed by atoms with Gasteiger partial charge in [-0.25, -0.2) is 4.98 Å². The van der Waals surface area contributed by atoms with Crippen LogP contribution in [-0.4, -0.2) is 26.2 Å². The maximum absolute atomic E-state index is 11.2. The Hall–Kier alpha value is -2.02. The van der Waals surface area contributed by atoms with Crippen molar-refractivity contribution in [3.8, 4) is 11.5 Å². The highest BCUT2D eigenvalue weighted by molar-refractivity contribution is 7.07. The Morgan fingerprint density at radius 3 is 3.00 bits per heavy atom. The molecule has 3 rings (SSSR count). The highest BCUT2D eigenvalue weighted by Crippen LogP contribution is 2.34. The molecule has 2 aromatic heterocycles. The lowest BCUT2D eigenvalue weighted by Gasteiger charge is -2.21. The number of nitrogens with zero attached hydrogens (tertiary/aromatic N) is 3. The minimum Gasteiger partial charge on any atom is -0.481 e. The first-order chi connectivity index (χ1) is 9.25. The van der Waals surface area contributed by atoms with E-state index < -0.39 is 11.9 Å². The van der Waals surface area contributed by atoms with E-state index in [9.17, 15) is 9.90 Å². The second-order valence-corrected chi connectivity index (χ2v) is 5.04. The predicted molar refractivity (Wildman–Crippen MR) is 67.6 cm³/mol. The summed E-state index contributed by atoms with van der Waals surface area (Å²) < 4.78 is 5.21. The average molecular weight is 277 g/mol. The maximum atomic E-state index is 11.2. The van der Waals surface area contributed by atoms with Gasteiger partial charge in [0.1, 0.15) is 5.69 Å². The van der Waals surface area contributed by atoms with Crippen LogP contribution in [0.1, 0.15) is 24.7 Å². The van der Waals surface area contributed by atoms with Crippen LogP contribution in [0.2, 0.25) is 0 Å². The summed E-state index contributed by atoms with van der Waals surface area (Å²) in [7, 11) is 0. The molecule has 0 fully saturated rings. The van der Waals surface area contributed by atoms with Crippen LogP contribution >= 0.6 is 11.3 Å². The van der Waals surface area contributed by atoms with Crippen LogP contribution in [0.15, 0.2) is 27.6 Å². The SMILES string of the molecule is O=C(O)C1CC=CCC1c1nc(-c2cscn2)no1. The van der Waals surface area contributed by atoms with Gasteiger partial charge in [0.05, 0.1) is 17.3 Å². The molecule has 0 spiro atoms. The summed E-state index contributed by atoms with van der Waals surface area (Å²) in [6.45, 7) is 0. The molecule has 1 N–H and O–H groups in total. The van der Waals surface area contributed by atoms with E-state index in [1.165, 1.54) is 11.3 Å². The third kappa shape index (κ3) is 2.28. The molecule has 98 valence electrons. The Kier molecular flexibility index (Phi) is 3.12. The average Bonchev–Trinajstić information content (AvgIpc) is 3.09. The summed E-state index contributed by atoms with van der Waals surface area (Å²) in [5.74, 6) is -0.812. The summed E-state index contributed by atoms with van der Waals surface area (Å²) in [6.07, 6.45) is 4.94. The molecule has 2 aromatic rings. The standard InChI is InChI=1S/C12H11N3O3S/c16-12(17)8-4-2-1-3-7(8)11-14-10(15-18-11)9-5-19-6-13-9/h1-2,5-8H,3-4H2,(H,16,17). The fourth-order valence-corrected chi connectivity index (χ4v) is 2.70. The van der Waals surface area contributed by atoms with Crippen LogP contribution in [0.25, 0.3) is 11.5 Å². The first kappa shape index (κ1) is 12.0. The Bertz CT molecular complexity index is 606. The molecule has 0 radical (unpaired) electrons. The molecule has 1 aliphatic rings. The van der Waals surface area contributed by atoms with Crippen LogP contribution < -0.4 is 0 Å². The van der Waals surface area contributed by atoms with E-state index in [2.05, 4.69) is 15.1 Å². The van der Waals surface area contributed by atoms with E-state index in [4.69, 9.17) is 4.52 Å². The number of hydrogen-bond acceptors (Lipinski definition) is 6. The maximum Gasteiger partial charge on any atom is 0.307 e. The van der Waals surface area contributed by atoms with Crippen molar-refractivity contribution >= 4 is 17.3 Å². The smallest absolute Gasteiger partial charge is 0.307 e. The molecule has 2 unspecified atom stereocenters. The zero-order chi connectivity index (χ0) is 13.2. The third-order valence-corrected chi connectivity index (χ3v) is 3.76. The van der Waals surface area contributed by atoms with Crippen molar-refractivity contribution in [2.75, 3.05) is 0 Å². The van der Waals surface area contributed by atoms with Crippen molar-refractivity contribution in [1.82, 2.24) is 15.1 Å². The van der Waals surface area contributed by atoms with Crippen LogP contribution in [0, 0.1) is 5.92 Å². The number of carboxylic acids is 1. The molecule has 1 aliphatic carbocycles. The zero-order valence-corrected chi connectivity index (χ0v) is 10.7. The lowest BCUT2D eigenvalue weighted by molar-refractivity contribution is -0.142. The van der Waals surface area contributed by atoms with Gasteiger partial charge in [0.2, 0.25) is 11.7 Å². The molecule has 0 saturated heterocycles. The molecule has 0 saturated carbocycles. The van der Waals surface area contributed by atoms with Crippen LogP contribution in [0.4, 0.5) is 0 Å². The number of thiazole rings is 1. The molecule has 7 heteroatoms. The second kappa shape index (κ2) is 4.93. The van der Waals surface area contributed by atoms with E-state index >= 15 is 0 Å². The van der Waals surface area contributed by atoms with Crippen molar-refractivity contribution < 1.29 is 14.4 Å². The highest BCUT2D eigenvalue weighted by atomic mass is 32.1. The van der Waals surface area contributed by atoms with Crippen molar-refractivity contribution in [3.63, 3.8) is 0 Å². The molecule has 6 nitrogen and oxygen atoms in total. The van der Waals surface area contributed by atoms with Gasteiger partial charge in [0, 0.05) is 5.38 Å². The fraction of sp³-hybridized carbons (Fsp3) is 0.333. The number of hydrogen-bond donors (Lipinski definition) is 1. The number of aliphatic carboxylic acids is 1. The Morgan fingerprint density at radius 2 is 2.26 bits per heavy atom. The van der Waals surface area contributed by atoms with E-state index in [-0.39, 0.29) is 5.92 Å². The van der Waals surface area contributed by atoms with Gasteiger partial charge in [-0.05, 0) is 12.8 Å². The van der Waals surface area contributed by atoms with Gasteiger partial charge in [0.15, 0.2) is 0 Å². The van der Waals surface area contributed by atoms with Gasteiger partial charge >= 0.3 is 5.97 Å². The van der Waals surface area contributed by atoms with Crippen molar-refractivity contribution in [2.45, 2.75) is 18.8 Å². The lowest BCUT2D eigenvalue weighted by atomic mass is 9.83. The zero-order valence-electron chi connectivity index (χ0n) is 9.89. The van der Waals surface area contributed by atoms with Gasteiger partial charge in [0.25, 0.3) is 0 Å². The van der Waals surface area contributed by atoms with Gasteiger partial charge in [-0.3, -0.25) is 4.79 Å². The molecule has 19 heavy (non-hydrogen) atoms.